The molecule has 214 valence electrons. The highest BCUT2D eigenvalue weighted by atomic mass is 32.1. The number of thiophene rings is 1. The topological polar surface area (TPSA) is 83.3 Å². The Labute approximate surface area is 243 Å². The number of allylic oxidation sites excluding steroid dienone is 2. The molecule has 0 aliphatic heterocycles. The monoisotopic (exact) mass is 561 g/mol. The molecule has 0 unspecified atom stereocenters. The van der Waals surface area contributed by atoms with Crippen molar-refractivity contribution in [2.24, 2.45) is 9.98 Å². The van der Waals surface area contributed by atoms with Crippen molar-refractivity contribution in [2.45, 2.75) is 60.9 Å². The average molecular weight is 562 g/mol. The predicted octanol–water partition coefficient (Wildman–Crippen LogP) is 9.05. The van der Waals surface area contributed by atoms with Gasteiger partial charge in [0, 0.05) is 26.7 Å². The van der Waals surface area contributed by atoms with Gasteiger partial charge in [-0.05, 0) is 86.6 Å². The fraction of sp³-hybridized carbons (Fsp3) is 0.303. The van der Waals surface area contributed by atoms with Gasteiger partial charge in [0.25, 0.3) is 0 Å². The number of hydrogen-bond acceptors (Lipinski definition) is 6. The standard InChI is InChI=1S/C29H31N3O3S.2C2H6/c1-5-7-26(29(30-4)32-23-12-8-21(9-13-23)18-28(33)34)20(3)31-19-25-16-17-27(36-25)22-10-14-24(15-11-22)35-6-2;2*1-2/h5,8-17,32H,1,4,6-7,18-19H2,2-3H3,(H,33,34);2*1-2H3/b29-26+,31-20?;;. The summed E-state index contributed by atoms with van der Waals surface area (Å²) in [5, 5.41) is 12.2. The van der Waals surface area contributed by atoms with Crippen LogP contribution in [0, 0.1) is 0 Å². The first kappa shape index (κ1) is 34.1. The van der Waals surface area contributed by atoms with Gasteiger partial charge in [-0.1, -0.05) is 45.9 Å². The number of benzene rings is 2. The highest BCUT2D eigenvalue weighted by Gasteiger charge is 2.10. The fourth-order valence-electron chi connectivity index (χ4n) is 3.58. The van der Waals surface area contributed by atoms with E-state index in [0.29, 0.717) is 25.4 Å². The van der Waals surface area contributed by atoms with Crippen molar-refractivity contribution in [1.29, 1.82) is 0 Å². The maximum Gasteiger partial charge on any atom is 0.307 e. The molecule has 0 atom stereocenters. The van der Waals surface area contributed by atoms with Gasteiger partial charge in [0.2, 0.25) is 0 Å². The lowest BCUT2D eigenvalue weighted by Crippen LogP contribution is -2.08. The largest absolute Gasteiger partial charge is 0.494 e. The molecule has 0 radical (unpaired) electrons. The quantitative estimate of drug-likeness (QED) is 0.161. The van der Waals surface area contributed by atoms with Gasteiger partial charge in [-0.2, -0.15) is 0 Å². The van der Waals surface area contributed by atoms with Crippen LogP contribution >= 0.6 is 11.3 Å². The van der Waals surface area contributed by atoms with E-state index in [9.17, 15) is 4.79 Å². The molecule has 2 aromatic carbocycles. The Hall–Kier alpha value is -3.97. The Morgan fingerprint density at radius 1 is 1.02 bits per heavy atom. The van der Waals surface area contributed by atoms with Crippen LogP contribution in [0.1, 0.15) is 58.4 Å². The zero-order chi connectivity index (χ0) is 29.9. The third-order valence-electron chi connectivity index (χ3n) is 5.38. The Bertz CT molecular complexity index is 1260. The van der Waals surface area contributed by atoms with Crippen LogP contribution in [0.5, 0.6) is 5.75 Å². The van der Waals surface area contributed by atoms with Crippen LogP contribution in [0.4, 0.5) is 5.69 Å². The van der Waals surface area contributed by atoms with Gasteiger partial charge in [0.1, 0.15) is 11.6 Å². The van der Waals surface area contributed by atoms with Crippen LogP contribution < -0.4 is 10.1 Å². The molecule has 3 rings (SSSR count). The van der Waals surface area contributed by atoms with E-state index in [-0.39, 0.29) is 6.42 Å². The fourth-order valence-corrected chi connectivity index (χ4v) is 4.52. The van der Waals surface area contributed by atoms with Crippen molar-refractivity contribution in [1.82, 2.24) is 0 Å². The third-order valence-corrected chi connectivity index (χ3v) is 6.50. The molecule has 0 fully saturated rings. The van der Waals surface area contributed by atoms with Crippen LogP contribution in [-0.4, -0.2) is 30.1 Å². The van der Waals surface area contributed by atoms with Crippen molar-refractivity contribution in [3.8, 4) is 16.2 Å². The molecule has 3 aromatic rings. The molecule has 0 aliphatic rings. The number of rotatable bonds is 13. The van der Waals surface area contributed by atoms with E-state index in [4.69, 9.17) is 14.8 Å². The number of hydrogen-bond donors (Lipinski definition) is 2. The number of carbonyl (C=O) groups is 1. The van der Waals surface area contributed by atoms with Gasteiger partial charge >= 0.3 is 5.97 Å². The number of aliphatic imine (C=N–C) groups is 2. The summed E-state index contributed by atoms with van der Waals surface area (Å²) in [5.41, 5.74) is 4.43. The van der Waals surface area contributed by atoms with Gasteiger partial charge in [0.15, 0.2) is 0 Å². The highest BCUT2D eigenvalue weighted by Crippen LogP contribution is 2.30. The average Bonchev–Trinajstić information content (AvgIpc) is 3.46. The molecule has 0 amide bonds. The van der Waals surface area contributed by atoms with Gasteiger partial charge < -0.3 is 15.2 Å². The first-order valence-electron chi connectivity index (χ1n) is 13.6. The summed E-state index contributed by atoms with van der Waals surface area (Å²) < 4.78 is 5.53. The van der Waals surface area contributed by atoms with Crippen LogP contribution in [0.15, 0.2) is 94.7 Å². The van der Waals surface area contributed by atoms with Crippen molar-refractivity contribution in [2.75, 3.05) is 11.9 Å². The number of nitrogens with zero attached hydrogens (tertiary/aromatic N) is 2. The lowest BCUT2D eigenvalue weighted by atomic mass is 10.1. The van der Waals surface area contributed by atoms with Crippen LogP contribution in [0.3, 0.4) is 0 Å². The van der Waals surface area contributed by atoms with Gasteiger partial charge in [-0.25, -0.2) is 4.99 Å². The van der Waals surface area contributed by atoms with E-state index in [2.05, 4.69) is 47.9 Å². The minimum absolute atomic E-state index is 0.0147. The smallest absolute Gasteiger partial charge is 0.307 e. The SMILES string of the molecule is C=CC/C(C(C)=NCc1ccc(-c2ccc(OCC)cc2)s1)=C(/N=C)Nc1ccc(CC(=O)O)cc1.CC.CC. The zero-order valence-electron chi connectivity index (χ0n) is 24.7. The molecule has 6 nitrogen and oxygen atoms in total. The van der Waals surface area contributed by atoms with Gasteiger partial charge in [-0.3, -0.25) is 9.79 Å². The molecular weight excluding hydrogens is 518 g/mol. The summed E-state index contributed by atoms with van der Waals surface area (Å²) in [6.07, 6.45) is 2.38. The Balaban J connectivity index is 0.00000191. The molecule has 0 spiro atoms. The van der Waals surface area contributed by atoms with E-state index >= 15 is 0 Å². The lowest BCUT2D eigenvalue weighted by molar-refractivity contribution is -0.136. The second-order valence-corrected chi connectivity index (χ2v) is 9.16. The lowest BCUT2D eigenvalue weighted by Gasteiger charge is -2.13. The molecule has 0 saturated heterocycles. The Morgan fingerprint density at radius 2 is 1.68 bits per heavy atom. The predicted molar refractivity (Wildman–Crippen MR) is 173 cm³/mol. The summed E-state index contributed by atoms with van der Waals surface area (Å²) in [7, 11) is 0. The number of ether oxygens (including phenoxy) is 1. The maximum atomic E-state index is 10.9. The molecule has 0 saturated carbocycles. The van der Waals surface area contributed by atoms with Crippen LogP contribution in [0.2, 0.25) is 0 Å². The molecule has 1 aromatic heterocycles. The second-order valence-electron chi connectivity index (χ2n) is 8.00. The summed E-state index contributed by atoms with van der Waals surface area (Å²) in [4.78, 5) is 22.3. The van der Waals surface area contributed by atoms with Crippen LogP contribution in [-0.2, 0) is 17.8 Å². The number of aliphatic carboxylic acids is 1. The molecule has 7 heteroatoms. The molecule has 2 N–H and O–H groups in total. The van der Waals surface area contributed by atoms with Crippen molar-refractivity contribution in [3.05, 3.63) is 95.2 Å². The van der Waals surface area contributed by atoms with E-state index in [1.54, 1.807) is 23.5 Å². The summed E-state index contributed by atoms with van der Waals surface area (Å²) in [6, 6.07) is 19.6. The maximum absolute atomic E-state index is 10.9. The van der Waals surface area contributed by atoms with E-state index in [1.165, 1.54) is 4.88 Å². The van der Waals surface area contributed by atoms with Gasteiger partial charge in [-0.15, -0.1) is 17.9 Å². The number of anilines is 1. The van der Waals surface area contributed by atoms with Crippen molar-refractivity contribution < 1.29 is 14.6 Å². The normalized spacial score (nSPS) is 11.1. The Kier molecular flexibility index (Phi) is 16.3. The van der Waals surface area contributed by atoms with Crippen molar-refractivity contribution in [3.63, 3.8) is 0 Å². The first-order valence-corrected chi connectivity index (χ1v) is 14.5. The van der Waals surface area contributed by atoms with E-state index < -0.39 is 5.97 Å². The first-order chi connectivity index (χ1) is 19.4. The van der Waals surface area contributed by atoms with E-state index in [0.717, 1.165) is 38.7 Å². The molecule has 1 heterocycles. The van der Waals surface area contributed by atoms with Gasteiger partial charge in [0.05, 0.1) is 19.6 Å². The molecule has 0 bridgehead atoms. The van der Waals surface area contributed by atoms with Crippen LogP contribution in [0.25, 0.3) is 10.4 Å². The number of nitrogens with one attached hydrogen (secondary N) is 1. The van der Waals surface area contributed by atoms with E-state index in [1.807, 2.05) is 71.9 Å². The third kappa shape index (κ3) is 11.0. The highest BCUT2D eigenvalue weighted by molar-refractivity contribution is 7.15. The minimum atomic E-state index is -0.860. The molecular formula is C33H43N3O3S. The summed E-state index contributed by atoms with van der Waals surface area (Å²) in [6.45, 7) is 20.8. The summed E-state index contributed by atoms with van der Waals surface area (Å²) in [5.74, 6) is 0.612. The number of carboxylic acid groups (broad SMARTS) is 1. The Morgan fingerprint density at radius 3 is 2.23 bits per heavy atom. The second kappa shape index (κ2) is 19.1. The molecule has 0 aliphatic carbocycles. The molecule has 40 heavy (non-hydrogen) atoms. The zero-order valence-corrected chi connectivity index (χ0v) is 25.5. The van der Waals surface area contributed by atoms with Crippen molar-refractivity contribution >= 4 is 35.4 Å². The minimum Gasteiger partial charge on any atom is -0.494 e. The number of carboxylic acids is 1. The summed E-state index contributed by atoms with van der Waals surface area (Å²) >= 11 is 1.72.